The molecule has 1 aliphatic heterocycles. The molecule has 1 amide bonds. The molecule has 14 heavy (non-hydrogen) atoms. The average Bonchev–Trinajstić information content (AvgIpc) is 2.44. The predicted molar refractivity (Wildman–Crippen MR) is 55.1 cm³/mol. The maximum Gasteiger partial charge on any atom is 0.222 e. The Bertz CT molecular complexity index is 197. The number of likely N-dealkylation sites (N-methyl/N-ethyl adjacent to an activating group) is 1. The highest BCUT2D eigenvalue weighted by molar-refractivity contribution is 5.78. The fourth-order valence-corrected chi connectivity index (χ4v) is 1.84. The first kappa shape index (κ1) is 11.5. The van der Waals surface area contributed by atoms with Gasteiger partial charge in [-0.05, 0) is 13.0 Å². The zero-order valence-electron chi connectivity index (χ0n) is 9.25. The minimum absolute atomic E-state index is 0.245. The van der Waals surface area contributed by atoms with Crippen LogP contribution in [0, 0.1) is 5.92 Å². The van der Waals surface area contributed by atoms with Crippen molar-refractivity contribution in [2.75, 3.05) is 33.9 Å². The van der Waals surface area contributed by atoms with Crippen LogP contribution in [0.25, 0.3) is 0 Å². The summed E-state index contributed by atoms with van der Waals surface area (Å²) in [6.45, 7) is 4.41. The molecule has 0 aromatic heterocycles. The lowest BCUT2D eigenvalue weighted by atomic mass is 10.2. The van der Waals surface area contributed by atoms with Crippen LogP contribution in [0.3, 0.4) is 0 Å². The smallest absolute Gasteiger partial charge is 0.222 e. The number of amides is 1. The molecule has 2 atom stereocenters. The van der Waals surface area contributed by atoms with Crippen LogP contribution >= 0.6 is 0 Å². The summed E-state index contributed by atoms with van der Waals surface area (Å²) >= 11 is 0. The Hall–Kier alpha value is -0.610. The highest BCUT2D eigenvalue weighted by atomic mass is 16.5. The van der Waals surface area contributed by atoms with Crippen LogP contribution in [-0.4, -0.2) is 50.7 Å². The number of nitrogens with one attached hydrogen (secondary N) is 1. The first-order valence-electron chi connectivity index (χ1n) is 5.11. The number of likely N-dealkylation sites (tertiary alicyclic amines) is 1. The normalized spacial score (nSPS) is 24.4. The molecule has 0 saturated carbocycles. The second-order valence-corrected chi connectivity index (χ2v) is 4.05. The first-order chi connectivity index (χ1) is 6.67. The lowest BCUT2D eigenvalue weighted by Crippen LogP contribution is -2.42. The number of ether oxygens (including phenoxy) is 1. The highest BCUT2D eigenvalue weighted by Crippen LogP contribution is 2.16. The van der Waals surface area contributed by atoms with Crippen molar-refractivity contribution < 1.29 is 9.53 Å². The van der Waals surface area contributed by atoms with Gasteiger partial charge in [-0.1, -0.05) is 6.92 Å². The van der Waals surface area contributed by atoms with Crippen LogP contribution in [0.4, 0.5) is 0 Å². The van der Waals surface area contributed by atoms with Gasteiger partial charge in [0.2, 0.25) is 5.91 Å². The molecule has 1 aliphatic rings. The summed E-state index contributed by atoms with van der Waals surface area (Å²) in [5.74, 6) is 0.774. The molecule has 0 aromatic rings. The minimum Gasteiger partial charge on any atom is -0.383 e. The van der Waals surface area contributed by atoms with Crippen molar-refractivity contribution in [1.82, 2.24) is 10.2 Å². The van der Waals surface area contributed by atoms with Gasteiger partial charge in [0.15, 0.2) is 0 Å². The summed E-state index contributed by atoms with van der Waals surface area (Å²) in [4.78, 5) is 13.4. The Morgan fingerprint density at radius 3 is 2.86 bits per heavy atom. The molecular weight excluding hydrogens is 180 g/mol. The molecule has 4 nitrogen and oxygen atoms in total. The van der Waals surface area contributed by atoms with Gasteiger partial charge in [-0.3, -0.25) is 4.79 Å². The Kier molecular flexibility index (Phi) is 4.35. The summed E-state index contributed by atoms with van der Waals surface area (Å²) < 4.78 is 5.07. The number of hydrogen-bond donors (Lipinski definition) is 1. The molecule has 0 aromatic carbocycles. The van der Waals surface area contributed by atoms with E-state index in [-0.39, 0.29) is 11.9 Å². The van der Waals surface area contributed by atoms with E-state index in [1.165, 1.54) is 0 Å². The largest absolute Gasteiger partial charge is 0.383 e. The zero-order chi connectivity index (χ0) is 10.6. The van der Waals surface area contributed by atoms with E-state index >= 15 is 0 Å². The van der Waals surface area contributed by atoms with E-state index in [0.29, 0.717) is 18.9 Å². The molecule has 1 rings (SSSR count). The molecule has 0 bridgehead atoms. The maximum absolute atomic E-state index is 11.5. The van der Waals surface area contributed by atoms with Gasteiger partial charge >= 0.3 is 0 Å². The average molecular weight is 200 g/mol. The second-order valence-electron chi connectivity index (χ2n) is 4.05. The number of carbonyl (C=O) groups is 1. The molecule has 0 aliphatic carbocycles. The van der Waals surface area contributed by atoms with Gasteiger partial charge in [-0.25, -0.2) is 0 Å². The van der Waals surface area contributed by atoms with Gasteiger partial charge in [0.25, 0.3) is 0 Å². The first-order valence-corrected chi connectivity index (χ1v) is 5.11. The van der Waals surface area contributed by atoms with E-state index in [1.807, 2.05) is 11.9 Å². The van der Waals surface area contributed by atoms with Crippen LogP contribution in [0.15, 0.2) is 0 Å². The zero-order valence-corrected chi connectivity index (χ0v) is 9.25. The Morgan fingerprint density at radius 2 is 2.43 bits per heavy atom. The van der Waals surface area contributed by atoms with Gasteiger partial charge in [-0.2, -0.15) is 0 Å². The van der Waals surface area contributed by atoms with E-state index in [1.54, 1.807) is 7.11 Å². The standard InChI is InChI=1S/C10H20N2O2/c1-8-4-10(13)12(5-8)6-9(11-2)7-14-3/h8-9,11H,4-7H2,1-3H3. The van der Waals surface area contributed by atoms with Crippen molar-refractivity contribution in [3.63, 3.8) is 0 Å². The quantitative estimate of drug-likeness (QED) is 0.684. The molecule has 82 valence electrons. The molecule has 1 heterocycles. The highest BCUT2D eigenvalue weighted by Gasteiger charge is 2.27. The van der Waals surface area contributed by atoms with Gasteiger partial charge in [0.05, 0.1) is 6.61 Å². The summed E-state index contributed by atoms with van der Waals surface area (Å²) in [5.41, 5.74) is 0. The second kappa shape index (κ2) is 5.32. The number of hydrogen-bond acceptors (Lipinski definition) is 3. The van der Waals surface area contributed by atoms with Crippen LogP contribution in [0.1, 0.15) is 13.3 Å². The predicted octanol–water partition coefficient (Wildman–Crippen LogP) is 0.0892. The molecule has 0 spiro atoms. The van der Waals surface area contributed by atoms with Gasteiger partial charge in [0.1, 0.15) is 0 Å². The molecule has 1 saturated heterocycles. The summed E-state index contributed by atoms with van der Waals surface area (Å²) in [7, 11) is 3.58. The van der Waals surface area contributed by atoms with Crippen molar-refractivity contribution in [3.8, 4) is 0 Å². The van der Waals surface area contributed by atoms with E-state index in [2.05, 4.69) is 12.2 Å². The number of rotatable bonds is 5. The molecule has 1 fully saturated rings. The third-order valence-electron chi connectivity index (χ3n) is 2.62. The summed E-state index contributed by atoms with van der Waals surface area (Å²) in [5, 5.41) is 3.15. The van der Waals surface area contributed by atoms with Crippen LogP contribution in [0.5, 0.6) is 0 Å². The molecular formula is C10H20N2O2. The Balaban J connectivity index is 2.38. The third kappa shape index (κ3) is 2.96. The molecule has 0 radical (unpaired) electrons. The van der Waals surface area contributed by atoms with Crippen LogP contribution < -0.4 is 5.32 Å². The van der Waals surface area contributed by atoms with Crippen molar-refractivity contribution >= 4 is 5.91 Å². The van der Waals surface area contributed by atoms with Crippen LogP contribution in [-0.2, 0) is 9.53 Å². The number of nitrogens with zero attached hydrogens (tertiary/aromatic N) is 1. The molecule has 4 heteroatoms. The lowest BCUT2D eigenvalue weighted by Gasteiger charge is -2.23. The molecule has 1 N–H and O–H groups in total. The molecule has 2 unspecified atom stereocenters. The monoisotopic (exact) mass is 200 g/mol. The summed E-state index contributed by atoms with van der Waals surface area (Å²) in [6, 6.07) is 0.245. The van der Waals surface area contributed by atoms with Crippen molar-refractivity contribution in [1.29, 1.82) is 0 Å². The Morgan fingerprint density at radius 1 is 1.71 bits per heavy atom. The van der Waals surface area contributed by atoms with Crippen molar-refractivity contribution in [2.24, 2.45) is 5.92 Å². The van der Waals surface area contributed by atoms with Gasteiger partial charge in [0, 0.05) is 32.7 Å². The van der Waals surface area contributed by atoms with Gasteiger partial charge < -0.3 is 15.0 Å². The number of carbonyl (C=O) groups excluding carboxylic acids is 1. The fourth-order valence-electron chi connectivity index (χ4n) is 1.84. The van der Waals surface area contributed by atoms with Crippen molar-refractivity contribution in [2.45, 2.75) is 19.4 Å². The van der Waals surface area contributed by atoms with Crippen LogP contribution in [0.2, 0.25) is 0 Å². The van der Waals surface area contributed by atoms with E-state index in [0.717, 1.165) is 13.1 Å². The number of methoxy groups -OCH3 is 1. The fraction of sp³-hybridized carbons (Fsp3) is 0.900. The lowest BCUT2D eigenvalue weighted by molar-refractivity contribution is -0.128. The van der Waals surface area contributed by atoms with Gasteiger partial charge in [-0.15, -0.1) is 0 Å². The van der Waals surface area contributed by atoms with E-state index < -0.39 is 0 Å². The summed E-state index contributed by atoms with van der Waals surface area (Å²) in [6.07, 6.45) is 0.698. The van der Waals surface area contributed by atoms with E-state index in [9.17, 15) is 4.79 Å². The third-order valence-corrected chi connectivity index (χ3v) is 2.62. The van der Waals surface area contributed by atoms with E-state index in [4.69, 9.17) is 4.74 Å². The Labute approximate surface area is 85.6 Å². The maximum atomic E-state index is 11.5. The minimum atomic E-state index is 0.245. The topological polar surface area (TPSA) is 41.6 Å². The van der Waals surface area contributed by atoms with Crippen molar-refractivity contribution in [3.05, 3.63) is 0 Å². The SMILES string of the molecule is CNC(COC)CN1CC(C)CC1=O.